The van der Waals surface area contributed by atoms with E-state index in [2.05, 4.69) is 76.8 Å². The van der Waals surface area contributed by atoms with Crippen LogP contribution in [-0.4, -0.2) is 178 Å². The summed E-state index contributed by atoms with van der Waals surface area (Å²) in [7, 11) is 6.28. The van der Waals surface area contributed by atoms with Crippen LogP contribution >= 0.6 is 0 Å². The number of H-pyrrole nitrogens is 3. The maximum atomic E-state index is 13.5. The van der Waals surface area contributed by atoms with Crippen molar-refractivity contribution in [2.24, 2.45) is 0 Å². The van der Waals surface area contributed by atoms with E-state index in [9.17, 15) is 18.8 Å². The van der Waals surface area contributed by atoms with Gasteiger partial charge >= 0.3 is 0 Å². The molecule has 123 heavy (non-hydrogen) atoms. The summed E-state index contributed by atoms with van der Waals surface area (Å²) in [5.74, 6) is -1.24. The number of methoxy groups -OCH3 is 4. The lowest BCUT2D eigenvalue weighted by atomic mass is 10.1. The SMILES string of the molecule is CC(=O)[O-].CC(=O)[O-].CC(=O)[O-].COc1cc(-c2nn(C3CC[NH2+]CC3)c3ncnc(N)c23)ccc1NC(=O)c1cc2c(OC)cccc2[nH]1.COc1cc(-c2nn(C3CC[NH2+]CC3)c3ncnc(N)c23)ccc1NC(=O)c1cc2cc(F)ccc2[nH]1.COc1cc(-c2nn(C3CC[NH2+]CC3)c3ncnc(N)c23)ccc1NC(=O)c1cc2ccccc2[nH]1. The predicted octanol–water partition coefficient (Wildman–Crippen LogP) is 4.56. The topological polar surface area (TPSA) is 551 Å². The molecule has 6 aromatic carbocycles. The molecule has 0 spiro atoms. The van der Waals surface area contributed by atoms with Crippen LogP contribution in [0.1, 0.15) is 109 Å². The third-order valence-corrected chi connectivity index (χ3v) is 20.7. The number of carbonyl (C=O) groups excluding carboxylic acids is 6. The molecule has 18 N–H and O–H groups in total. The number of nitrogens with one attached hydrogen (secondary N) is 6. The number of benzene rings is 6. The van der Waals surface area contributed by atoms with Gasteiger partial charge in [0.15, 0.2) is 16.9 Å². The Kier molecular flexibility index (Phi) is 27.0. The van der Waals surface area contributed by atoms with Gasteiger partial charge in [0.25, 0.3) is 17.7 Å². The molecule has 38 heteroatoms. The number of para-hydroxylation sites is 1. The zero-order valence-corrected chi connectivity index (χ0v) is 68.2. The summed E-state index contributed by atoms with van der Waals surface area (Å²) in [6.45, 7) is 9.20. The molecule has 0 aliphatic carbocycles. The summed E-state index contributed by atoms with van der Waals surface area (Å²) in [4.78, 5) is 101. The number of hydrogen-bond acceptors (Lipinski definition) is 25. The van der Waals surface area contributed by atoms with E-state index in [0.29, 0.717) is 119 Å². The molecular formula is C85H91FN24O13. The van der Waals surface area contributed by atoms with E-state index in [1.165, 1.54) is 38.2 Å². The van der Waals surface area contributed by atoms with Gasteiger partial charge in [-0.3, -0.25) is 14.4 Å². The number of hydrogen-bond donors (Lipinski definition) is 12. The molecule has 0 unspecified atom stereocenters. The molecule has 0 radical (unpaired) electrons. The number of carbonyl (C=O) groups is 6. The lowest BCUT2D eigenvalue weighted by molar-refractivity contribution is -0.664. The number of carboxylic acids is 3. The van der Waals surface area contributed by atoms with Crippen molar-refractivity contribution in [2.75, 3.05) is 101 Å². The Balaban J connectivity index is 0.000000149. The van der Waals surface area contributed by atoms with Crippen LogP contribution in [0.4, 0.5) is 38.9 Å². The predicted molar refractivity (Wildman–Crippen MR) is 452 cm³/mol. The van der Waals surface area contributed by atoms with Crippen LogP contribution in [0, 0.1) is 5.82 Å². The number of aromatic nitrogens is 15. The molecule has 12 heterocycles. The van der Waals surface area contributed by atoms with Crippen LogP contribution in [-0.2, 0) is 14.4 Å². The van der Waals surface area contributed by atoms with Crippen molar-refractivity contribution >= 4 is 136 Å². The second-order valence-electron chi connectivity index (χ2n) is 28.9. The molecule has 3 aliphatic heterocycles. The first-order valence-electron chi connectivity index (χ1n) is 39.4. The number of nitrogen functional groups attached to an aromatic ring is 3. The molecule has 3 saturated heterocycles. The molecule has 3 fully saturated rings. The van der Waals surface area contributed by atoms with Gasteiger partial charge in [0.05, 0.1) is 119 Å². The molecule has 0 atom stereocenters. The Hall–Kier alpha value is -15.2. The fourth-order valence-electron chi connectivity index (χ4n) is 15.1. The average Bonchev–Trinajstić information content (AvgIpc) is 1.32. The molecule has 37 nitrogen and oxygen atoms in total. The van der Waals surface area contributed by atoms with E-state index < -0.39 is 17.9 Å². The van der Waals surface area contributed by atoms with Gasteiger partial charge in [0.2, 0.25) is 0 Å². The van der Waals surface area contributed by atoms with E-state index in [-0.39, 0.29) is 41.7 Å². The number of anilines is 6. The third-order valence-electron chi connectivity index (χ3n) is 20.7. The second kappa shape index (κ2) is 38.7. The van der Waals surface area contributed by atoms with Crippen LogP contribution in [0.5, 0.6) is 23.0 Å². The Morgan fingerprint density at radius 1 is 0.407 bits per heavy atom. The number of ether oxygens (including phenoxy) is 4. The number of rotatable bonds is 16. The maximum Gasteiger partial charge on any atom is 0.272 e. The summed E-state index contributed by atoms with van der Waals surface area (Å²) >= 11 is 0. The largest absolute Gasteiger partial charge is 0.550 e. The number of quaternary nitrogens is 3. The van der Waals surface area contributed by atoms with Crippen LogP contribution in [0.3, 0.4) is 0 Å². The Labute approximate surface area is 700 Å². The lowest BCUT2D eigenvalue weighted by Crippen LogP contribution is -2.86. The summed E-state index contributed by atoms with van der Waals surface area (Å²) < 4.78 is 41.8. The number of halogens is 1. The van der Waals surface area contributed by atoms with E-state index in [0.717, 1.165) is 154 Å². The Morgan fingerprint density at radius 3 is 1.11 bits per heavy atom. The number of amides is 3. The smallest absolute Gasteiger partial charge is 0.272 e. The molecule has 15 aromatic rings. The number of nitrogens with zero attached hydrogens (tertiary/aromatic N) is 12. The van der Waals surface area contributed by atoms with E-state index in [4.69, 9.17) is 81.1 Å². The highest BCUT2D eigenvalue weighted by molar-refractivity contribution is 6.10. The summed E-state index contributed by atoms with van der Waals surface area (Å²) in [6.07, 6.45) is 10.5. The van der Waals surface area contributed by atoms with Crippen molar-refractivity contribution in [3.05, 3.63) is 175 Å². The number of carboxylic acid groups (broad SMARTS) is 3. The van der Waals surface area contributed by atoms with Crippen molar-refractivity contribution in [2.45, 2.75) is 77.4 Å². The van der Waals surface area contributed by atoms with Gasteiger partial charge in [-0.1, -0.05) is 42.5 Å². The van der Waals surface area contributed by atoms with Crippen molar-refractivity contribution in [1.29, 1.82) is 0 Å². The minimum absolute atomic E-state index is 0.237. The molecule has 3 amide bonds. The zero-order chi connectivity index (χ0) is 87.1. The molecule has 0 bridgehead atoms. The van der Waals surface area contributed by atoms with Crippen molar-refractivity contribution in [3.63, 3.8) is 0 Å². The number of aromatic amines is 3. The summed E-state index contributed by atoms with van der Waals surface area (Å²) in [5.41, 5.74) is 30.6. The molecule has 0 saturated carbocycles. The summed E-state index contributed by atoms with van der Waals surface area (Å²) in [6, 6.07) is 40.2. The standard InChI is InChI=1S/C27H28N8O3.C26H25FN8O2.C26H26N8O2.3C2H4O2/c1-37-21-5-3-4-18-17(21)13-20(32-18)27(36)33-19-7-6-15(12-22(19)38-2)24-23-25(28)30-14-31-26(23)35(34-24)16-8-10-29-11-9-16;1-37-21-12-14(2-4-19(21)33-26(36)20-11-15-10-16(27)3-5-18(15)32-20)23-22-24(28)30-13-31-25(22)35(34-23)17-6-8-29-9-7-17;1-36-21-13-16(6-7-19(21)32-26(35)20-12-15-4-2-3-5-18(15)31-20)23-22-24(27)29-14-30-25(22)34(33-23)17-8-10-28-11-9-17;3*1-2(3)4/h3-7,12-14,16,29,32H,8-11H2,1-2H3,(H,33,36)(H2,28,30,31);2-5,10-13,17,29,32H,6-9H2,1H3,(H,33,36)(H2,28,30,31);2-7,12-14,17,28,31H,8-11H2,1H3,(H,32,35)(H2,27,29,30);3*1H3,(H,3,4). The van der Waals surface area contributed by atoms with Gasteiger partial charge in [0.1, 0.15) is 99.4 Å². The van der Waals surface area contributed by atoms with E-state index in [1.54, 1.807) is 51.7 Å². The highest BCUT2D eigenvalue weighted by atomic mass is 19.1. The normalized spacial score (nSPS) is 13.5. The van der Waals surface area contributed by atoms with Crippen LogP contribution < -0.4 is 83.4 Å². The fraction of sp³-hybridized carbons (Fsp3) is 0.259. The van der Waals surface area contributed by atoms with Gasteiger partial charge in [-0.15, -0.1) is 0 Å². The van der Waals surface area contributed by atoms with Gasteiger partial charge in [-0.2, -0.15) is 15.3 Å². The molecule has 9 aromatic heterocycles. The zero-order valence-electron chi connectivity index (χ0n) is 68.2. The van der Waals surface area contributed by atoms with Gasteiger partial charge in [-0.25, -0.2) is 48.3 Å². The molecule has 636 valence electrons. The van der Waals surface area contributed by atoms with Crippen LogP contribution in [0.25, 0.3) is 99.6 Å². The first-order chi connectivity index (χ1) is 59.4. The summed E-state index contributed by atoms with van der Waals surface area (Å²) in [5, 5.41) is 61.8. The molecule has 3 aliphatic rings. The first-order valence-corrected chi connectivity index (χ1v) is 39.4. The lowest BCUT2D eigenvalue weighted by Gasteiger charge is -2.21. The highest BCUT2D eigenvalue weighted by Crippen LogP contribution is 2.42. The fourth-order valence-corrected chi connectivity index (χ4v) is 15.1. The van der Waals surface area contributed by atoms with Crippen LogP contribution in [0.2, 0.25) is 0 Å². The van der Waals surface area contributed by atoms with Crippen molar-refractivity contribution < 1.29 is 83.4 Å². The van der Waals surface area contributed by atoms with Crippen molar-refractivity contribution in [1.82, 2.24) is 74.2 Å². The Bertz CT molecular complexity index is 6320. The maximum absolute atomic E-state index is 13.5. The average molecular weight is 1680 g/mol. The van der Waals surface area contributed by atoms with Gasteiger partial charge in [-0.05, 0) is 112 Å². The van der Waals surface area contributed by atoms with E-state index in [1.807, 2.05) is 105 Å². The number of piperidine rings is 3. The van der Waals surface area contributed by atoms with E-state index >= 15 is 0 Å². The third kappa shape index (κ3) is 19.7. The van der Waals surface area contributed by atoms with Crippen molar-refractivity contribution in [3.8, 4) is 56.8 Å². The number of fused-ring (bicyclic) bond motifs is 6. The quantitative estimate of drug-likeness (QED) is 0.0630. The monoisotopic (exact) mass is 1670 g/mol. The minimum atomic E-state index is -1.08. The Morgan fingerprint density at radius 2 is 0.740 bits per heavy atom. The first kappa shape index (κ1) is 85.7. The molecule has 18 rings (SSSR count). The molecular weight excluding hydrogens is 1580 g/mol. The van der Waals surface area contributed by atoms with Gasteiger partial charge in [0, 0.05) is 106 Å². The van der Waals surface area contributed by atoms with Crippen LogP contribution in [0.15, 0.2) is 152 Å². The minimum Gasteiger partial charge on any atom is -0.550 e. The number of nitrogens with two attached hydrogens (primary N) is 6. The highest BCUT2D eigenvalue weighted by Gasteiger charge is 2.30. The van der Waals surface area contributed by atoms with Gasteiger partial charge < -0.3 is 113 Å². The number of aliphatic carboxylic acids is 3. The second-order valence-corrected chi connectivity index (χ2v) is 28.9.